The number of hydrogen-bond acceptors (Lipinski definition) is 9. The van der Waals surface area contributed by atoms with Crippen LogP contribution in [0.25, 0.3) is 22.2 Å². The molecule has 3 saturated carbocycles. The van der Waals surface area contributed by atoms with Gasteiger partial charge in [-0.25, -0.2) is 13.4 Å². The summed E-state index contributed by atoms with van der Waals surface area (Å²) in [4.78, 5) is 50.0. The van der Waals surface area contributed by atoms with Gasteiger partial charge < -0.3 is 25.0 Å². The topological polar surface area (TPSA) is 156 Å². The molecule has 5 atom stereocenters. The maximum atomic E-state index is 15.0. The molecule has 3 aromatic rings. The highest BCUT2D eigenvalue weighted by molar-refractivity contribution is 7.91. The number of carbonyl (C=O) groups is 3. The summed E-state index contributed by atoms with van der Waals surface area (Å²) >= 11 is 0. The molecule has 3 N–H and O–H groups in total. The van der Waals surface area contributed by atoms with Crippen LogP contribution in [0.2, 0.25) is 0 Å². The van der Waals surface area contributed by atoms with Gasteiger partial charge in [0.05, 0.1) is 36.2 Å². The minimum absolute atomic E-state index is 0.137. The quantitative estimate of drug-likeness (QED) is 0.222. The number of hydrogen-bond donors (Lipinski definition) is 3. The summed E-state index contributed by atoms with van der Waals surface area (Å²) in [5, 5.41) is 6.83. The third-order valence-electron chi connectivity index (χ3n) is 13.0. The van der Waals surface area contributed by atoms with Crippen molar-refractivity contribution in [3.8, 4) is 22.8 Å². The van der Waals surface area contributed by atoms with Crippen LogP contribution in [0.4, 0.5) is 0 Å². The zero-order chi connectivity index (χ0) is 40.4. The first-order valence-electron chi connectivity index (χ1n) is 21.4. The van der Waals surface area contributed by atoms with Gasteiger partial charge in [0, 0.05) is 35.4 Å². The van der Waals surface area contributed by atoms with Crippen LogP contribution in [0, 0.1) is 11.8 Å². The monoisotopic (exact) mass is 811 g/mol. The molecule has 1 saturated heterocycles. The van der Waals surface area contributed by atoms with Crippen LogP contribution in [-0.4, -0.2) is 85.2 Å². The molecule has 3 amide bonds. The summed E-state index contributed by atoms with van der Waals surface area (Å²) < 4.78 is 40.8. The van der Waals surface area contributed by atoms with Crippen molar-refractivity contribution in [3.05, 3.63) is 66.7 Å². The van der Waals surface area contributed by atoms with E-state index < -0.39 is 56.7 Å². The zero-order valence-corrected chi connectivity index (χ0v) is 34.4. The number of fused-ring (bicyclic) bond motifs is 3. The van der Waals surface area contributed by atoms with Crippen LogP contribution in [0.3, 0.4) is 0 Å². The molecule has 310 valence electrons. The van der Waals surface area contributed by atoms with Crippen molar-refractivity contribution in [2.75, 3.05) is 20.2 Å². The minimum Gasteiger partial charge on any atom is -0.496 e. The predicted molar refractivity (Wildman–Crippen MR) is 223 cm³/mol. The van der Waals surface area contributed by atoms with Gasteiger partial charge in [-0.05, 0) is 75.5 Å². The lowest BCUT2D eigenvalue weighted by atomic mass is 9.83. The number of nitrogens with zero attached hydrogens (tertiary/aromatic N) is 2. The van der Waals surface area contributed by atoms with Crippen molar-refractivity contribution in [2.24, 2.45) is 11.8 Å². The van der Waals surface area contributed by atoms with Gasteiger partial charge in [0.25, 0.3) is 5.91 Å². The van der Waals surface area contributed by atoms with Crippen LogP contribution in [-0.2, 0) is 30.8 Å². The maximum Gasteiger partial charge on any atom is 0.259 e. The number of aryl methyl sites for hydroxylation is 1. The van der Waals surface area contributed by atoms with Crippen molar-refractivity contribution >= 4 is 38.6 Å². The van der Waals surface area contributed by atoms with E-state index in [0.717, 1.165) is 98.6 Å². The Morgan fingerprint density at radius 1 is 1.00 bits per heavy atom. The molecule has 3 aliphatic carbocycles. The Bertz CT molecular complexity index is 2140. The van der Waals surface area contributed by atoms with Crippen LogP contribution >= 0.6 is 0 Å². The molecular formula is C45H57N5O7S. The SMILES string of the molecule is C=C[C@@H]1C[C@]1(NC(=O)[C@@H]1C[C@@H]2CN1C(=O)[C@H](C1CCCCC1)NCCCCCCCc1cc3c(cc(-c4ccccc4)nc3cc1OC)O2)C(=O)NS(=O)(=O)C1CC1. The molecule has 12 nitrogen and oxygen atoms in total. The summed E-state index contributed by atoms with van der Waals surface area (Å²) in [6.45, 7) is 4.72. The van der Waals surface area contributed by atoms with Crippen LogP contribution in [0.5, 0.6) is 11.5 Å². The molecule has 0 unspecified atom stereocenters. The van der Waals surface area contributed by atoms with E-state index in [2.05, 4.69) is 28.0 Å². The highest BCUT2D eigenvalue weighted by Crippen LogP contribution is 2.46. The Morgan fingerprint density at radius 2 is 1.74 bits per heavy atom. The molecule has 2 aliphatic heterocycles. The lowest BCUT2D eigenvalue weighted by Gasteiger charge is -2.35. The number of nitrogens with one attached hydrogen (secondary N) is 3. The smallest absolute Gasteiger partial charge is 0.259 e. The van der Waals surface area contributed by atoms with Gasteiger partial charge in [-0.1, -0.05) is 74.9 Å². The highest BCUT2D eigenvalue weighted by atomic mass is 32.2. The summed E-state index contributed by atoms with van der Waals surface area (Å²) in [5.74, 6) is -0.339. The number of aromatic nitrogens is 1. The molecule has 0 radical (unpaired) electrons. The summed E-state index contributed by atoms with van der Waals surface area (Å²) in [5.41, 5.74) is 1.96. The van der Waals surface area contributed by atoms with Crippen molar-refractivity contribution in [1.29, 1.82) is 0 Å². The van der Waals surface area contributed by atoms with Gasteiger partial charge in [0.15, 0.2) is 0 Å². The third kappa shape index (κ3) is 8.48. The normalized spacial score (nSPS) is 27.3. The summed E-state index contributed by atoms with van der Waals surface area (Å²) in [6, 6.07) is 14.5. The fraction of sp³-hybridized carbons (Fsp3) is 0.556. The van der Waals surface area contributed by atoms with E-state index in [4.69, 9.17) is 14.5 Å². The average Bonchev–Trinajstić information content (AvgIpc) is 4.17. The van der Waals surface area contributed by atoms with Gasteiger partial charge in [0.1, 0.15) is 29.2 Å². The van der Waals surface area contributed by atoms with E-state index in [0.29, 0.717) is 30.7 Å². The van der Waals surface area contributed by atoms with Crippen molar-refractivity contribution < 1.29 is 32.3 Å². The van der Waals surface area contributed by atoms with Gasteiger partial charge in [0.2, 0.25) is 21.8 Å². The first-order valence-corrected chi connectivity index (χ1v) is 22.9. The molecule has 1 aromatic heterocycles. The molecule has 3 heterocycles. The predicted octanol–water partition coefficient (Wildman–Crippen LogP) is 5.97. The van der Waals surface area contributed by atoms with E-state index >= 15 is 0 Å². The largest absolute Gasteiger partial charge is 0.496 e. The van der Waals surface area contributed by atoms with E-state index in [1.165, 1.54) is 0 Å². The molecular weight excluding hydrogens is 755 g/mol. The molecule has 0 spiro atoms. The first kappa shape index (κ1) is 40.3. The molecule has 4 bridgehead atoms. The lowest BCUT2D eigenvalue weighted by molar-refractivity contribution is -0.142. The molecule has 58 heavy (non-hydrogen) atoms. The van der Waals surface area contributed by atoms with Gasteiger partial charge in [-0.15, -0.1) is 6.58 Å². The minimum atomic E-state index is -3.86. The van der Waals surface area contributed by atoms with Gasteiger partial charge in [-0.3, -0.25) is 19.1 Å². The standard InChI is InChI=1S/C45H57N5O7S/c1-3-32-27-45(32,44(53)49-58(54,55)34-20-21-34)48-42(51)38-24-33-28-50(38)43(52)41(30-17-12-8-13-18-30)46-22-14-6-4-5-9-19-31-23-35-37(26-39(31)56-2)47-36(25-40(35)57-33)29-15-10-7-11-16-29/h3,7,10-11,15-16,23,25-26,30,32-34,38,41,46H,1,4-6,8-9,12-14,17-22,24,27-28H2,2H3,(H,48,51)(H,49,53)/t32-,33-,38+,41+,45-/m1/s1. The van der Waals surface area contributed by atoms with E-state index in [-0.39, 0.29) is 31.2 Å². The Morgan fingerprint density at radius 3 is 2.47 bits per heavy atom. The fourth-order valence-corrected chi connectivity index (χ4v) is 10.8. The van der Waals surface area contributed by atoms with Crippen molar-refractivity contribution in [3.63, 3.8) is 0 Å². The second-order valence-corrected chi connectivity index (χ2v) is 19.0. The zero-order valence-electron chi connectivity index (χ0n) is 33.5. The number of pyridine rings is 1. The Hall–Kier alpha value is -4.49. The lowest BCUT2D eigenvalue weighted by Crippen LogP contribution is -2.59. The number of benzene rings is 2. The van der Waals surface area contributed by atoms with Crippen LogP contribution in [0.15, 0.2) is 61.2 Å². The summed E-state index contributed by atoms with van der Waals surface area (Å²) in [6.07, 6.45) is 13.5. The Balaban J connectivity index is 1.16. The molecule has 4 fully saturated rings. The van der Waals surface area contributed by atoms with Crippen molar-refractivity contribution in [2.45, 2.75) is 125 Å². The number of ether oxygens (including phenoxy) is 2. The third-order valence-corrected chi connectivity index (χ3v) is 14.8. The van der Waals surface area contributed by atoms with Gasteiger partial charge >= 0.3 is 0 Å². The Kier molecular flexibility index (Phi) is 11.8. The second-order valence-electron chi connectivity index (χ2n) is 17.1. The van der Waals surface area contributed by atoms with E-state index in [1.807, 2.05) is 42.5 Å². The molecule has 13 heteroatoms. The van der Waals surface area contributed by atoms with Crippen LogP contribution < -0.4 is 24.8 Å². The van der Waals surface area contributed by atoms with E-state index in [9.17, 15) is 22.8 Å². The van der Waals surface area contributed by atoms with Crippen molar-refractivity contribution in [1.82, 2.24) is 25.2 Å². The van der Waals surface area contributed by atoms with Gasteiger partial charge in [-0.2, -0.15) is 0 Å². The second kappa shape index (κ2) is 17.0. The number of sulfonamides is 1. The molecule has 2 aromatic carbocycles. The number of amides is 3. The average molecular weight is 812 g/mol. The number of methoxy groups -OCH3 is 1. The highest BCUT2D eigenvalue weighted by Gasteiger charge is 2.62. The maximum absolute atomic E-state index is 15.0. The fourth-order valence-electron chi connectivity index (χ4n) is 9.41. The number of carbonyl (C=O) groups excluding carboxylic acids is 3. The molecule has 8 rings (SSSR count). The summed E-state index contributed by atoms with van der Waals surface area (Å²) in [7, 11) is -2.17. The molecule has 5 aliphatic rings. The Labute approximate surface area is 342 Å². The van der Waals surface area contributed by atoms with E-state index in [1.54, 1.807) is 18.1 Å². The number of rotatable bonds is 9. The van der Waals surface area contributed by atoms with Crippen LogP contribution in [0.1, 0.15) is 95.5 Å². The first-order chi connectivity index (χ1) is 28.1.